The second kappa shape index (κ2) is 7.61. The van der Waals surface area contributed by atoms with Crippen LogP contribution in [0, 0.1) is 12.3 Å². The molecule has 0 saturated carbocycles. The number of aryl methyl sites for hydroxylation is 1. The second-order valence-corrected chi connectivity index (χ2v) is 6.88. The summed E-state index contributed by atoms with van der Waals surface area (Å²) in [6, 6.07) is 2.04. The molecule has 1 aromatic rings. The summed E-state index contributed by atoms with van der Waals surface area (Å²) >= 11 is 0. The first-order valence-corrected chi connectivity index (χ1v) is 7.93. The van der Waals surface area contributed by atoms with Gasteiger partial charge in [0.2, 0.25) is 0 Å². The fourth-order valence-corrected chi connectivity index (χ4v) is 2.21. The number of unbranched alkanes of at least 4 members (excludes halogenated alkanes) is 2. The van der Waals surface area contributed by atoms with Gasteiger partial charge in [-0.3, -0.25) is 0 Å². The number of nitrogens with one attached hydrogen (secondary N) is 1. The van der Waals surface area contributed by atoms with Gasteiger partial charge in [-0.15, -0.1) is 0 Å². The van der Waals surface area contributed by atoms with Crippen molar-refractivity contribution in [2.75, 3.05) is 11.9 Å². The lowest BCUT2D eigenvalue weighted by atomic mass is 9.87. The minimum absolute atomic E-state index is 0.312. The molecular weight excluding hydrogens is 246 g/mol. The van der Waals surface area contributed by atoms with E-state index >= 15 is 0 Å². The number of nitrogens with zero attached hydrogens (tertiary/aromatic N) is 2. The van der Waals surface area contributed by atoms with Gasteiger partial charge in [0, 0.05) is 24.2 Å². The average molecular weight is 277 g/mol. The zero-order chi connectivity index (χ0) is 15.2. The number of anilines is 1. The van der Waals surface area contributed by atoms with Crippen molar-refractivity contribution in [2.45, 2.75) is 73.1 Å². The van der Waals surface area contributed by atoms with E-state index in [0.717, 1.165) is 23.9 Å². The summed E-state index contributed by atoms with van der Waals surface area (Å²) < 4.78 is 0. The minimum Gasteiger partial charge on any atom is -0.369 e. The summed E-state index contributed by atoms with van der Waals surface area (Å²) in [4.78, 5) is 9.10. The van der Waals surface area contributed by atoms with Crippen molar-refractivity contribution < 1.29 is 0 Å². The van der Waals surface area contributed by atoms with E-state index in [2.05, 4.69) is 49.9 Å². The smallest absolute Gasteiger partial charge is 0.133 e. The van der Waals surface area contributed by atoms with Gasteiger partial charge in [-0.25, -0.2) is 9.97 Å². The van der Waals surface area contributed by atoms with Crippen molar-refractivity contribution in [1.82, 2.24) is 9.97 Å². The zero-order valence-electron chi connectivity index (χ0n) is 14.1. The molecule has 0 fully saturated rings. The quantitative estimate of drug-likeness (QED) is 0.685. The second-order valence-electron chi connectivity index (χ2n) is 6.88. The average Bonchev–Trinajstić information content (AvgIpc) is 2.36. The highest BCUT2D eigenvalue weighted by Gasteiger charge is 2.17. The van der Waals surface area contributed by atoms with E-state index in [1.54, 1.807) is 0 Å². The van der Waals surface area contributed by atoms with Gasteiger partial charge < -0.3 is 5.32 Å². The predicted molar refractivity (Wildman–Crippen MR) is 87.3 cm³/mol. The van der Waals surface area contributed by atoms with E-state index in [1.807, 2.05) is 13.0 Å². The Hall–Kier alpha value is -1.12. The van der Waals surface area contributed by atoms with Crippen molar-refractivity contribution in [1.29, 1.82) is 0 Å². The van der Waals surface area contributed by atoms with Gasteiger partial charge in [0.1, 0.15) is 11.6 Å². The molecule has 1 aromatic heterocycles. The van der Waals surface area contributed by atoms with Crippen molar-refractivity contribution in [3.63, 3.8) is 0 Å². The molecule has 1 heterocycles. The molecule has 114 valence electrons. The van der Waals surface area contributed by atoms with Crippen LogP contribution in [0.4, 0.5) is 5.82 Å². The van der Waals surface area contributed by atoms with Crippen LogP contribution in [0.5, 0.6) is 0 Å². The topological polar surface area (TPSA) is 37.8 Å². The molecule has 20 heavy (non-hydrogen) atoms. The van der Waals surface area contributed by atoms with E-state index in [9.17, 15) is 0 Å². The SMILES string of the molecule is CCCCCC(C)(C)CNc1cc(C)nc(C(C)C)n1. The first-order valence-electron chi connectivity index (χ1n) is 7.93. The number of hydrogen-bond acceptors (Lipinski definition) is 3. The number of rotatable bonds is 8. The van der Waals surface area contributed by atoms with Crippen LogP contribution in [-0.4, -0.2) is 16.5 Å². The molecule has 3 heteroatoms. The third-order valence-electron chi connectivity index (χ3n) is 3.59. The van der Waals surface area contributed by atoms with Crippen LogP contribution in [-0.2, 0) is 0 Å². The third kappa shape index (κ3) is 5.89. The molecule has 1 rings (SSSR count). The largest absolute Gasteiger partial charge is 0.369 e. The predicted octanol–water partition coefficient (Wildman–Crippen LogP) is 4.93. The molecule has 0 aliphatic rings. The lowest BCUT2D eigenvalue weighted by Gasteiger charge is -2.25. The summed E-state index contributed by atoms with van der Waals surface area (Å²) in [6.07, 6.45) is 5.18. The molecule has 0 aliphatic heterocycles. The van der Waals surface area contributed by atoms with E-state index in [4.69, 9.17) is 0 Å². The summed E-state index contributed by atoms with van der Waals surface area (Å²) in [6.45, 7) is 14.2. The number of hydrogen-bond donors (Lipinski definition) is 1. The van der Waals surface area contributed by atoms with Gasteiger partial charge in [-0.1, -0.05) is 53.9 Å². The molecule has 0 aliphatic carbocycles. The molecule has 0 unspecified atom stereocenters. The standard InChI is InChI=1S/C17H31N3/c1-7-8-9-10-17(5,6)12-18-15-11-14(4)19-16(20-15)13(2)3/h11,13H,7-10,12H2,1-6H3,(H,18,19,20). The highest BCUT2D eigenvalue weighted by Crippen LogP contribution is 2.24. The van der Waals surface area contributed by atoms with E-state index in [0.29, 0.717) is 11.3 Å². The first kappa shape index (κ1) is 16.9. The Morgan fingerprint density at radius 2 is 1.90 bits per heavy atom. The van der Waals surface area contributed by atoms with Gasteiger partial charge in [-0.05, 0) is 18.8 Å². The van der Waals surface area contributed by atoms with Crippen molar-refractivity contribution in [2.24, 2.45) is 5.41 Å². The van der Waals surface area contributed by atoms with Crippen molar-refractivity contribution in [3.05, 3.63) is 17.6 Å². The highest BCUT2D eigenvalue weighted by atomic mass is 15.0. The first-order chi connectivity index (χ1) is 9.34. The Bertz CT molecular complexity index is 411. The van der Waals surface area contributed by atoms with Crippen molar-refractivity contribution in [3.8, 4) is 0 Å². The summed E-state index contributed by atoms with van der Waals surface area (Å²) in [5, 5.41) is 3.50. The molecule has 0 spiro atoms. The zero-order valence-corrected chi connectivity index (χ0v) is 14.1. The molecule has 0 atom stereocenters. The maximum Gasteiger partial charge on any atom is 0.133 e. The van der Waals surface area contributed by atoms with E-state index < -0.39 is 0 Å². The Kier molecular flexibility index (Phi) is 6.44. The Morgan fingerprint density at radius 1 is 1.20 bits per heavy atom. The minimum atomic E-state index is 0.312. The molecular formula is C17H31N3. The molecule has 0 radical (unpaired) electrons. The van der Waals surface area contributed by atoms with Gasteiger partial charge in [0.15, 0.2) is 0 Å². The van der Waals surface area contributed by atoms with Gasteiger partial charge in [-0.2, -0.15) is 0 Å². The fraction of sp³-hybridized carbons (Fsp3) is 0.765. The van der Waals surface area contributed by atoms with Crippen LogP contribution in [0.15, 0.2) is 6.07 Å². The molecule has 0 saturated heterocycles. The van der Waals surface area contributed by atoms with E-state index in [1.165, 1.54) is 25.7 Å². The van der Waals surface area contributed by atoms with Gasteiger partial charge in [0.05, 0.1) is 0 Å². The maximum absolute atomic E-state index is 4.61. The van der Waals surface area contributed by atoms with Crippen LogP contribution in [0.25, 0.3) is 0 Å². The lowest BCUT2D eigenvalue weighted by Crippen LogP contribution is -2.23. The third-order valence-corrected chi connectivity index (χ3v) is 3.59. The number of aromatic nitrogens is 2. The van der Waals surface area contributed by atoms with Crippen molar-refractivity contribution >= 4 is 5.82 Å². The summed E-state index contributed by atoms with van der Waals surface area (Å²) in [5.74, 6) is 2.26. The molecule has 3 nitrogen and oxygen atoms in total. The Morgan fingerprint density at radius 3 is 2.50 bits per heavy atom. The van der Waals surface area contributed by atoms with Crippen LogP contribution in [0.1, 0.15) is 77.7 Å². The van der Waals surface area contributed by atoms with Gasteiger partial charge >= 0.3 is 0 Å². The van der Waals surface area contributed by atoms with Crippen LogP contribution in [0.3, 0.4) is 0 Å². The van der Waals surface area contributed by atoms with Crippen LogP contribution >= 0.6 is 0 Å². The molecule has 1 N–H and O–H groups in total. The Labute approximate surface area is 124 Å². The highest BCUT2D eigenvalue weighted by molar-refractivity contribution is 5.36. The summed E-state index contributed by atoms with van der Waals surface area (Å²) in [5.41, 5.74) is 1.35. The molecule has 0 bridgehead atoms. The normalized spacial score (nSPS) is 11.9. The lowest BCUT2D eigenvalue weighted by molar-refractivity contribution is 0.342. The molecule has 0 aromatic carbocycles. The van der Waals surface area contributed by atoms with Gasteiger partial charge in [0.25, 0.3) is 0 Å². The molecule has 0 amide bonds. The fourth-order valence-electron chi connectivity index (χ4n) is 2.21. The van der Waals surface area contributed by atoms with E-state index in [-0.39, 0.29) is 0 Å². The van der Waals surface area contributed by atoms with Crippen LogP contribution < -0.4 is 5.32 Å². The monoisotopic (exact) mass is 277 g/mol. The Balaban J connectivity index is 2.60. The van der Waals surface area contributed by atoms with Crippen LogP contribution in [0.2, 0.25) is 0 Å². The maximum atomic E-state index is 4.61. The summed E-state index contributed by atoms with van der Waals surface area (Å²) in [7, 11) is 0.